The van der Waals surface area contributed by atoms with Crippen molar-refractivity contribution in [3.63, 3.8) is 0 Å². The Kier molecular flexibility index (Phi) is 6.65. The molecule has 0 saturated carbocycles. The van der Waals surface area contributed by atoms with Crippen LogP contribution in [-0.2, 0) is 10.0 Å². The molecular formula is C21H25BrN2O4S. The van der Waals surface area contributed by atoms with Crippen molar-refractivity contribution in [2.45, 2.75) is 25.2 Å². The van der Waals surface area contributed by atoms with Crippen molar-refractivity contribution >= 4 is 37.5 Å². The highest BCUT2D eigenvalue weighted by atomic mass is 79.9. The van der Waals surface area contributed by atoms with E-state index in [4.69, 9.17) is 4.74 Å². The lowest BCUT2D eigenvalue weighted by Gasteiger charge is -2.34. The minimum absolute atomic E-state index is 0.0149. The predicted octanol–water partition coefficient (Wildman–Crippen LogP) is 4.38. The number of methoxy groups -OCH3 is 1. The van der Waals surface area contributed by atoms with E-state index in [1.165, 1.54) is 23.5 Å². The Bertz CT molecular complexity index is 999. The monoisotopic (exact) mass is 480 g/mol. The van der Waals surface area contributed by atoms with E-state index in [2.05, 4.69) is 35.1 Å². The Hall–Kier alpha value is -1.90. The SMILES string of the molecule is COc1ccc(C(=O)Nc2ccccc2Br)cc1S(=O)(=O)N1CC(C)CC(C)C1. The van der Waals surface area contributed by atoms with Crippen molar-refractivity contribution in [2.75, 3.05) is 25.5 Å². The molecule has 0 radical (unpaired) electrons. The summed E-state index contributed by atoms with van der Waals surface area (Å²) in [5, 5.41) is 2.80. The van der Waals surface area contributed by atoms with Crippen LogP contribution in [-0.4, -0.2) is 38.8 Å². The van der Waals surface area contributed by atoms with E-state index >= 15 is 0 Å². The van der Waals surface area contributed by atoms with Gasteiger partial charge in [0.15, 0.2) is 0 Å². The zero-order valence-corrected chi connectivity index (χ0v) is 19.1. The summed E-state index contributed by atoms with van der Waals surface area (Å²) in [5.74, 6) is 0.396. The molecule has 8 heteroatoms. The maximum absolute atomic E-state index is 13.4. The second-order valence-corrected chi connectivity index (χ2v) is 10.3. The number of benzene rings is 2. The number of hydrogen-bond acceptors (Lipinski definition) is 4. The molecule has 0 aromatic heterocycles. The molecule has 2 aromatic rings. The van der Waals surface area contributed by atoms with Crippen molar-refractivity contribution in [2.24, 2.45) is 11.8 Å². The molecule has 1 N–H and O–H groups in total. The third-order valence-corrected chi connectivity index (χ3v) is 7.55. The molecule has 3 rings (SSSR count). The molecular weight excluding hydrogens is 456 g/mol. The van der Waals surface area contributed by atoms with E-state index in [0.717, 1.165) is 10.9 Å². The second-order valence-electron chi connectivity index (χ2n) is 7.57. The van der Waals surface area contributed by atoms with E-state index in [-0.39, 0.29) is 28.0 Å². The van der Waals surface area contributed by atoms with Crippen LogP contribution in [0.3, 0.4) is 0 Å². The highest BCUT2D eigenvalue weighted by molar-refractivity contribution is 9.10. The molecule has 6 nitrogen and oxygen atoms in total. The predicted molar refractivity (Wildman–Crippen MR) is 117 cm³/mol. The van der Waals surface area contributed by atoms with Gasteiger partial charge in [-0.1, -0.05) is 26.0 Å². The quantitative estimate of drug-likeness (QED) is 0.688. The van der Waals surface area contributed by atoms with Crippen LogP contribution in [0.25, 0.3) is 0 Å². The molecule has 2 unspecified atom stereocenters. The lowest BCUT2D eigenvalue weighted by Crippen LogP contribution is -2.42. The number of carbonyl (C=O) groups excluding carboxylic acids is 1. The van der Waals surface area contributed by atoms with Gasteiger partial charge in [0.1, 0.15) is 10.6 Å². The number of para-hydroxylation sites is 1. The number of carbonyl (C=O) groups is 1. The van der Waals surface area contributed by atoms with Crippen molar-refractivity contribution in [3.05, 3.63) is 52.5 Å². The van der Waals surface area contributed by atoms with Crippen LogP contribution in [0.5, 0.6) is 5.75 Å². The Balaban J connectivity index is 1.94. The number of sulfonamides is 1. The summed E-state index contributed by atoms with van der Waals surface area (Å²) >= 11 is 3.39. The minimum Gasteiger partial charge on any atom is -0.495 e. The molecule has 156 valence electrons. The molecule has 1 saturated heterocycles. The number of rotatable bonds is 5. The van der Waals surface area contributed by atoms with Crippen LogP contribution >= 0.6 is 15.9 Å². The van der Waals surface area contributed by atoms with Gasteiger partial charge in [-0.25, -0.2) is 8.42 Å². The molecule has 1 amide bonds. The summed E-state index contributed by atoms with van der Waals surface area (Å²) < 4.78 is 34.2. The van der Waals surface area contributed by atoms with Gasteiger partial charge in [-0.2, -0.15) is 4.31 Å². The summed E-state index contributed by atoms with van der Waals surface area (Å²) in [6.07, 6.45) is 0.998. The van der Waals surface area contributed by atoms with Gasteiger partial charge < -0.3 is 10.1 Å². The summed E-state index contributed by atoms with van der Waals surface area (Å²) in [6, 6.07) is 11.7. The fourth-order valence-corrected chi connectivity index (χ4v) is 5.96. The van der Waals surface area contributed by atoms with Crippen molar-refractivity contribution in [1.82, 2.24) is 4.31 Å². The number of amides is 1. The lowest BCUT2D eigenvalue weighted by molar-refractivity contribution is 0.102. The zero-order chi connectivity index (χ0) is 21.2. The van der Waals surface area contributed by atoms with Gasteiger partial charge in [0.2, 0.25) is 10.0 Å². The van der Waals surface area contributed by atoms with Gasteiger partial charge in [-0.15, -0.1) is 0 Å². The maximum Gasteiger partial charge on any atom is 0.255 e. The van der Waals surface area contributed by atoms with Gasteiger partial charge >= 0.3 is 0 Å². The van der Waals surface area contributed by atoms with Gasteiger partial charge in [0.05, 0.1) is 12.8 Å². The molecule has 2 atom stereocenters. The third kappa shape index (κ3) is 4.82. The summed E-state index contributed by atoms with van der Waals surface area (Å²) in [5.41, 5.74) is 0.856. The normalized spacial score (nSPS) is 20.3. The average Bonchev–Trinajstić information content (AvgIpc) is 2.68. The summed E-state index contributed by atoms with van der Waals surface area (Å²) in [6.45, 7) is 5.03. The minimum atomic E-state index is -3.79. The number of hydrogen-bond donors (Lipinski definition) is 1. The van der Waals surface area contributed by atoms with E-state index < -0.39 is 15.9 Å². The first-order valence-corrected chi connectivity index (χ1v) is 11.7. The van der Waals surface area contributed by atoms with Crippen LogP contribution in [0, 0.1) is 11.8 Å². The highest BCUT2D eigenvalue weighted by Gasteiger charge is 2.34. The first-order valence-electron chi connectivity index (χ1n) is 9.46. The van der Waals surface area contributed by atoms with Crippen molar-refractivity contribution in [1.29, 1.82) is 0 Å². The van der Waals surface area contributed by atoms with Crippen LogP contribution in [0.4, 0.5) is 5.69 Å². The number of ether oxygens (including phenoxy) is 1. The van der Waals surface area contributed by atoms with Gasteiger partial charge in [-0.3, -0.25) is 4.79 Å². The number of nitrogens with one attached hydrogen (secondary N) is 1. The van der Waals surface area contributed by atoms with Crippen LogP contribution < -0.4 is 10.1 Å². The Labute approximate surface area is 180 Å². The van der Waals surface area contributed by atoms with Gasteiger partial charge in [0.25, 0.3) is 5.91 Å². The van der Waals surface area contributed by atoms with Crippen LogP contribution in [0.1, 0.15) is 30.6 Å². The molecule has 0 spiro atoms. The average molecular weight is 481 g/mol. The fraction of sp³-hybridized carbons (Fsp3) is 0.381. The number of halogens is 1. The second kappa shape index (κ2) is 8.85. The van der Waals surface area contributed by atoms with E-state index in [0.29, 0.717) is 18.8 Å². The van der Waals surface area contributed by atoms with Crippen LogP contribution in [0.2, 0.25) is 0 Å². The molecule has 1 heterocycles. The molecule has 0 aliphatic carbocycles. The van der Waals surface area contributed by atoms with Gasteiger partial charge in [-0.05, 0) is 64.5 Å². The summed E-state index contributed by atoms with van der Waals surface area (Å²) in [4.78, 5) is 12.8. The van der Waals surface area contributed by atoms with Crippen LogP contribution in [0.15, 0.2) is 51.8 Å². The molecule has 0 bridgehead atoms. The molecule has 2 aromatic carbocycles. The van der Waals surface area contributed by atoms with Gasteiger partial charge in [0, 0.05) is 23.1 Å². The zero-order valence-electron chi connectivity index (χ0n) is 16.7. The number of nitrogens with zero attached hydrogens (tertiary/aromatic N) is 1. The maximum atomic E-state index is 13.4. The van der Waals surface area contributed by atoms with E-state index in [1.54, 1.807) is 12.1 Å². The lowest BCUT2D eigenvalue weighted by atomic mass is 9.94. The van der Waals surface area contributed by atoms with Crippen molar-refractivity contribution in [3.8, 4) is 5.75 Å². The van der Waals surface area contributed by atoms with E-state index in [9.17, 15) is 13.2 Å². The smallest absolute Gasteiger partial charge is 0.255 e. The van der Waals surface area contributed by atoms with Crippen molar-refractivity contribution < 1.29 is 17.9 Å². The van der Waals surface area contributed by atoms with E-state index in [1.807, 2.05) is 18.2 Å². The Morgan fingerprint density at radius 2 is 1.79 bits per heavy atom. The molecule has 29 heavy (non-hydrogen) atoms. The first kappa shape index (κ1) is 21.8. The molecule has 1 aliphatic heterocycles. The molecule has 1 aliphatic rings. The Morgan fingerprint density at radius 1 is 1.14 bits per heavy atom. The fourth-order valence-electron chi connectivity index (χ4n) is 3.72. The molecule has 1 fully saturated rings. The highest BCUT2D eigenvalue weighted by Crippen LogP contribution is 2.32. The first-order chi connectivity index (χ1) is 13.7. The Morgan fingerprint density at radius 3 is 2.41 bits per heavy atom. The largest absolute Gasteiger partial charge is 0.495 e. The third-order valence-electron chi connectivity index (χ3n) is 5.00. The number of anilines is 1. The summed E-state index contributed by atoms with van der Waals surface area (Å²) in [7, 11) is -2.36. The topological polar surface area (TPSA) is 75.7 Å². The standard InChI is InChI=1S/C21H25BrN2O4S/c1-14-10-15(2)13-24(12-14)29(26,27)20-11-16(8-9-19(20)28-3)21(25)23-18-7-5-4-6-17(18)22/h4-9,11,14-15H,10,12-13H2,1-3H3,(H,23,25). The number of piperidine rings is 1.